The smallest absolute Gasteiger partial charge is 0.164 e. The van der Waals surface area contributed by atoms with E-state index in [1.165, 1.54) is 0 Å². The van der Waals surface area contributed by atoms with Crippen molar-refractivity contribution in [2.45, 2.75) is 13.5 Å². The summed E-state index contributed by atoms with van der Waals surface area (Å²) in [4.78, 5) is 8.67. The number of nitrogens with zero attached hydrogens (tertiary/aromatic N) is 2. The van der Waals surface area contributed by atoms with E-state index in [0.717, 1.165) is 22.6 Å². The third-order valence-electron chi connectivity index (χ3n) is 2.64. The van der Waals surface area contributed by atoms with E-state index in [-0.39, 0.29) is 0 Å². The number of ether oxygens (including phenoxy) is 2. The summed E-state index contributed by atoms with van der Waals surface area (Å²) in [7, 11) is 3.24. The number of rotatable bonds is 4. The van der Waals surface area contributed by atoms with Crippen LogP contribution in [0.15, 0.2) is 24.3 Å². The monoisotopic (exact) mass is 278 g/mol. The van der Waals surface area contributed by atoms with Gasteiger partial charge in [0.25, 0.3) is 0 Å². The fourth-order valence-corrected chi connectivity index (χ4v) is 2.00. The molecule has 0 N–H and O–H groups in total. The Labute approximate surface area is 117 Å². The van der Waals surface area contributed by atoms with Crippen molar-refractivity contribution in [3.63, 3.8) is 0 Å². The Morgan fingerprint density at radius 1 is 1.16 bits per heavy atom. The summed E-state index contributed by atoms with van der Waals surface area (Å²) >= 11 is 6.01. The number of methoxy groups -OCH3 is 2. The van der Waals surface area contributed by atoms with Gasteiger partial charge in [-0.15, -0.1) is 0 Å². The van der Waals surface area contributed by atoms with Gasteiger partial charge in [-0.25, -0.2) is 9.97 Å². The highest BCUT2D eigenvalue weighted by Gasteiger charge is 2.11. The third-order valence-corrected chi connectivity index (χ3v) is 2.83. The van der Waals surface area contributed by atoms with Crippen LogP contribution < -0.4 is 4.74 Å². The van der Waals surface area contributed by atoms with Gasteiger partial charge in [0.1, 0.15) is 10.9 Å². The number of halogens is 1. The molecule has 19 heavy (non-hydrogen) atoms. The molecule has 0 aliphatic rings. The summed E-state index contributed by atoms with van der Waals surface area (Å²) in [5.41, 5.74) is 2.66. The molecule has 0 bridgehead atoms. The van der Waals surface area contributed by atoms with Gasteiger partial charge < -0.3 is 9.47 Å². The van der Waals surface area contributed by atoms with Crippen LogP contribution in [-0.2, 0) is 11.3 Å². The lowest BCUT2D eigenvalue weighted by Crippen LogP contribution is -1.99. The van der Waals surface area contributed by atoms with Crippen LogP contribution in [0, 0.1) is 6.92 Å². The van der Waals surface area contributed by atoms with E-state index in [1.807, 2.05) is 25.1 Å². The minimum absolute atomic E-state index is 0.389. The molecule has 4 nitrogen and oxygen atoms in total. The highest BCUT2D eigenvalue weighted by Crippen LogP contribution is 2.29. The second-order valence-electron chi connectivity index (χ2n) is 4.14. The van der Waals surface area contributed by atoms with Crippen molar-refractivity contribution >= 4 is 11.6 Å². The maximum absolute atomic E-state index is 6.01. The molecule has 0 saturated heterocycles. The molecule has 100 valence electrons. The first-order valence-electron chi connectivity index (χ1n) is 5.81. The molecule has 2 rings (SSSR count). The number of aryl methyl sites for hydroxylation is 1. The highest BCUT2D eigenvalue weighted by atomic mass is 35.5. The van der Waals surface area contributed by atoms with Gasteiger partial charge in [-0.3, -0.25) is 0 Å². The van der Waals surface area contributed by atoms with Crippen molar-refractivity contribution in [1.82, 2.24) is 9.97 Å². The lowest BCUT2D eigenvalue weighted by Gasteiger charge is -2.09. The molecule has 1 heterocycles. The Morgan fingerprint density at radius 2 is 1.95 bits per heavy atom. The summed E-state index contributed by atoms with van der Waals surface area (Å²) in [6.45, 7) is 2.39. The van der Waals surface area contributed by atoms with Crippen LogP contribution in [0.25, 0.3) is 11.4 Å². The lowest BCUT2D eigenvalue weighted by molar-refractivity contribution is 0.181. The number of aromatic nitrogens is 2. The van der Waals surface area contributed by atoms with Crippen molar-refractivity contribution in [3.05, 3.63) is 40.7 Å². The zero-order valence-electron chi connectivity index (χ0n) is 11.1. The molecule has 1 aromatic carbocycles. The molecule has 0 aliphatic heterocycles. The predicted octanol–water partition coefficient (Wildman–Crippen LogP) is 3.26. The first-order valence-corrected chi connectivity index (χ1v) is 6.19. The fraction of sp³-hybridized carbons (Fsp3) is 0.286. The van der Waals surface area contributed by atoms with Gasteiger partial charge in [0.05, 0.1) is 25.0 Å². The fourth-order valence-electron chi connectivity index (χ4n) is 1.79. The van der Waals surface area contributed by atoms with E-state index in [2.05, 4.69) is 9.97 Å². The molecule has 1 aromatic heterocycles. The maximum atomic E-state index is 6.01. The molecule has 2 aromatic rings. The van der Waals surface area contributed by atoms with E-state index in [1.54, 1.807) is 20.3 Å². The van der Waals surface area contributed by atoms with E-state index >= 15 is 0 Å². The van der Waals surface area contributed by atoms with Gasteiger partial charge in [0, 0.05) is 7.11 Å². The Bertz CT molecular complexity index is 588. The topological polar surface area (TPSA) is 44.2 Å². The number of hydrogen-bond donors (Lipinski definition) is 0. The van der Waals surface area contributed by atoms with Crippen LogP contribution >= 0.6 is 11.6 Å². The zero-order valence-corrected chi connectivity index (χ0v) is 11.9. The summed E-state index contributed by atoms with van der Waals surface area (Å²) in [6, 6.07) is 7.54. The highest BCUT2D eigenvalue weighted by molar-refractivity contribution is 6.29. The molecule has 0 atom stereocenters. The second kappa shape index (κ2) is 5.99. The largest absolute Gasteiger partial charge is 0.496 e. The van der Waals surface area contributed by atoms with Crippen LogP contribution in [0.1, 0.15) is 11.3 Å². The average molecular weight is 279 g/mol. The Kier molecular flexibility index (Phi) is 4.35. The first kappa shape index (κ1) is 13.8. The van der Waals surface area contributed by atoms with Crippen molar-refractivity contribution in [1.29, 1.82) is 0 Å². The molecule has 0 aliphatic carbocycles. The Hall–Kier alpha value is -1.65. The van der Waals surface area contributed by atoms with Crippen molar-refractivity contribution in [2.75, 3.05) is 14.2 Å². The molecule has 0 radical (unpaired) electrons. The summed E-state index contributed by atoms with van der Waals surface area (Å²) in [6.07, 6.45) is 0. The van der Waals surface area contributed by atoms with Gasteiger partial charge in [0.2, 0.25) is 0 Å². The van der Waals surface area contributed by atoms with Gasteiger partial charge >= 0.3 is 0 Å². The molecular weight excluding hydrogens is 264 g/mol. The van der Waals surface area contributed by atoms with Crippen molar-refractivity contribution < 1.29 is 9.47 Å². The average Bonchev–Trinajstić information content (AvgIpc) is 2.38. The van der Waals surface area contributed by atoms with E-state index in [9.17, 15) is 0 Å². The van der Waals surface area contributed by atoms with E-state index < -0.39 is 0 Å². The van der Waals surface area contributed by atoms with E-state index in [4.69, 9.17) is 21.1 Å². The number of benzene rings is 1. The van der Waals surface area contributed by atoms with Gasteiger partial charge in [-0.2, -0.15) is 0 Å². The van der Waals surface area contributed by atoms with Gasteiger partial charge in [0.15, 0.2) is 5.82 Å². The third kappa shape index (κ3) is 3.22. The quantitative estimate of drug-likeness (QED) is 0.805. The van der Waals surface area contributed by atoms with Crippen LogP contribution in [0.5, 0.6) is 5.75 Å². The number of hydrogen-bond acceptors (Lipinski definition) is 4. The van der Waals surface area contributed by atoms with E-state index in [0.29, 0.717) is 17.6 Å². The molecule has 0 fully saturated rings. The van der Waals surface area contributed by atoms with Crippen molar-refractivity contribution in [2.24, 2.45) is 0 Å². The Morgan fingerprint density at radius 3 is 2.63 bits per heavy atom. The SMILES string of the molecule is COCc1cc(Cl)nc(-c2ccc(C)cc2OC)n1. The minimum Gasteiger partial charge on any atom is -0.496 e. The molecule has 0 saturated carbocycles. The molecule has 0 unspecified atom stereocenters. The standard InChI is InChI=1S/C14H15ClN2O2/c1-9-4-5-11(12(6-9)19-3)14-16-10(8-18-2)7-13(15)17-14/h4-7H,8H2,1-3H3. The predicted molar refractivity (Wildman–Crippen MR) is 74.5 cm³/mol. The van der Waals surface area contributed by atoms with Crippen LogP contribution in [0.4, 0.5) is 0 Å². The van der Waals surface area contributed by atoms with Crippen LogP contribution in [0.3, 0.4) is 0 Å². The van der Waals surface area contributed by atoms with Gasteiger partial charge in [-0.05, 0) is 30.7 Å². The van der Waals surface area contributed by atoms with Crippen LogP contribution in [0.2, 0.25) is 5.15 Å². The van der Waals surface area contributed by atoms with Gasteiger partial charge in [-0.1, -0.05) is 17.7 Å². The molecule has 0 spiro atoms. The second-order valence-corrected chi connectivity index (χ2v) is 4.53. The lowest BCUT2D eigenvalue weighted by atomic mass is 10.1. The Balaban J connectivity index is 2.51. The van der Waals surface area contributed by atoms with Crippen molar-refractivity contribution in [3.8, 4) is 17.1 Å². The first-order chi connectivity index (χ1) is 9.13. The summed E-state index contributed by atoms with van der Waals surface area (Å²) in [5.74, 6) is 1.27. The summed E-state index contributed by atoms with van der Waals surface area (Å²) < 4.78 is 10.4. The molecule has 5 heteroatoms. The minimum atomic E-state index is 0.389. The normalized spacial score (nSPS) is 10.5. The maximum Gasteiger partial charge on any atom is 0.164 e. The molecule has 0 amide bonds. The van der Waals surface area contributed by atoms with Crippen LogP contribution in [-0.4, -0.2) is 24.2 Å². The molecular formula is C14H15ClN2O2. The zero-order chi connectivity index (χ0) is 13.8. The summed E-state index contributed by atoms with van der Waals surface area (Å²) in [5, 5.41) is 0.389.